The average molecular weight is 308 g/mol. The first-order chi connectivity index (χ1) is 10.4. The summed E-state index contributed by atoms with van der Waals surface area (Å²) >= 11 is 0. The molecule has 126 valence electrons. The Labute approximate surface area is 135 Å². The summed E-state index contributed by atoms with van der Waals surface area (Å²) in [6.45, 7) is 9.87. The zero-order chi connectivity index (χ0) is 15.9. The normalized spacial score (nSPS) is 37.8. The van der Waals surface area contributed by atoms with E-state index >= 15 is 0 Å². The zero-order valence-corrected chi connectivity index (χ0v) is 14.6. The molecule has 3 fully saturated rings. The molecule has 0 aromatic heterocycles. The van der Waals surface area contributed by atoms with Crippen molar-refractivity contribution in [1.82, 2.24) is 10.2 Å². The number of nitrogens with zero attached hydrogens (tertiary/aromatic N) is 1. The number of carbonyl (C=O) groups is 1. The van der Waals surface area contributed by atoms with Crippen LogP contribution in [0.5, 0.6) is 0 Å². The van der Waals surface area contributed by atoms with Gasteiger partial charge in [0.15, 0.2) is 0 Å². The molecule has 4 unspecified atom stereocenters. The summed E-state index contributed by atoms with van der Waals surface area (Å²) in [6, 6.07) is 1.36. The van der Waals surface area contributed by atoms with Gasteiger partial charge in [-0.05, 0) is 51.4 Å². The van der Waals surface area contributed by atoms with Crippen molar-refractivity contribution in [3.63, 3.8) is 0 Å². The Kier molecular flexibility index (Phi) is 4.41. The molecule has 22 heavy (non-hydrogen) atoms. The van der Waals surface area contributed by atoms with E-state index in [1.165, 1.54) is 32.1 Å². The Hall–Kier alpha value is -0.770. The molecule has 1 heterocycles. The molecule has 1 aliphatic heterocycles. The molecular formula is C18H32N2O2. The number of piperidine rings is 1. The van der Waals surface area contributed by atoms with Crippen LogP contribution in [0.2, 0.25) is 0 Å². The van der Waals surface area contributed by atoms with E-state index < -0.39 is 5.60 Å². The van der Waals surface area contributed by atoms with Crippen LogP contribution in [0.4, 0.5) is 4.79 Å². The molecule has 4 atom stereocenters. The van der Waals surface area contributed by atoms with Gasteiger partial charge in [-0.1, -0.05) is 26.2 Å². The fraction of sp³-hybridized carbons (Fsp3) is 0.944. The van der Waals surface area contributed by atoms with Crippen molar-refractivity contribution >= 4 is 6.09 Å². The Bertz CT molecular complexity index is 406. The van der Waals surface area contributed by atoms with Crippen molar-refractivity contribution in [1.29, 1.82) is 0 Å². The van der Waals surface area contributed by atoms with E-state index in [9.17, 15) is 4.79 Å². The van der Waals surface area contributed by atoms with Crippen LogP contribution in [0.3, 0.4) is 0 Å². The molecule has 0 radical (unpaired) electrons. The number of ether oxygens (including phenoxy) is 1. The van der Waals surface area contributed by atoms with Gasteiger partial charge in [0.1, 0.15) is 5.60 Å². The van der Waals surface area contributed by atoms with Gasteiger partial charge in [-0.15, -0.1) is 0 Å². The quantitative estimate of drug-likeness (QED) is 0.868. The largest absolute Gasteiger partial charge is 0.444 e. The first-order valence-electron chi connectivity index (χ1n) is 9.13. The van der Waals surface area contributed by atoms with Crippen LogP contribution in [-0.4, -0.2) is 41.8 Å². The monoisotopic (exact) mass is 308 g/mol. The highest BCUT2D eigenvalue weighted by atomic mass is 16.6. The lowest BCUT2D eigenvalue weighted by Crippen LogP contribution is -2.44. The third-order valence-electron chi connectivity index (χ3n) is 5.69. The number of likely N-dealkylation sites (tertiary alicyclic amines) is 1. The van der Waals surface area contributed by atoms with Gasteiger partial charge in [0.25, 0.3) is 0 Å². The molecule has 4 heteroatoms. The summed E-state index contributed by atoms with van der Waals surface area (Å²) in [6.07, 6.45) is 6.66. The molecular weight excluding hydrogens is 276 g/mol. The highest BCUT2D eigenvalue weighted by molar-refractivity contribution is 5.69. The Morgan fingerprint density at radius 2 is 1.82 bits per heavy atom. The maximum absolute atomic E-state index is 12.1. The minimum Gasteiger partial charge on any atom is -0.444 e. The van der Waals surface area contributed by atoms with Crippen molar-refractivity contribution < 1.29 is 9.53 Å². The Morgan fingerprint density at radius 1 is 1.18 bits per heavy atom. The second-order valence-electron chi connectivity index (χ2n) is 8.46. The highest BCUT2D eigenvalue weighted by Gasteiger charge is 2.57. The number of hydrogen-bond donors (Lipinski definition) is 1. The maximum atomic E-state index is 12.1. The van der Waals surface area contributed by atoms with Gasteiger partial charge in [0, 0.05) is 25.2 Å². The number of fused-ring (bicyclic) bond motifs is 1. The summed E-state index contributed by atoms with van der Waals surface area (Å²) in [5.41, 5.74) is -0.391. The lowest BCUT2D eigenvalue weighted by atomic mass is 9.83. The van der Waals surface area contributed by atoms with Gasteiger partial charge in [-0.2, -0.15) is 0 Å². The lowest BCUT2D eigenvalue weighted by molar-refractivity contribution is 0.0267. The maximum Gasteiger partial charge on any atom is 0.410 e. The summed E-state index contributed by atoms with van der Waals surface area (Å²) < 4.78 is 5.48. The molecule has 0 spiro atoms. The van der Waals surface area contributed by atoms with Crippen LogP contribution >= 0.6 is 0 Å². The number of amides is 1. The van der Waals surface area contributed by atoms with E-state index in [1.54, 1.807) is 0 Å². The molecule has 0 aromatic carbocycles. The van der Waals surface area contributed by atoms with E-state index in [2.05, 4.69) is 12.2 Å². The summed E-state index contributed by atoms with van der Waals surface area (Å²) in [4.78, 5) is 14.0. The smallest absolute Gasteiger partial charge is 0.410 e. The summed E-state index contributed by atoms with van der Waals surface area (Å²) in [5.74, 6) is 2.18. The van der Waals surface area contributed by atoms with Gasteiger partial charge in [-0.3, -0.25) is 0 Å². The van der Waals surface area contributed by atoms with Crippen molar-refractivity contribution in [3.8, 4) is 0 Å². The fourth-order valence-electron chi connectivity index (χ4n) is 4.41. The second-order valence-corrected chi connectivity index (χ2v) is 8.46. The third kappa shape index (κ3) is 3.42. The van der Waals surface area contributed by atoms with E-state index in [1.807, 2.05) is 25.7 Å². The van der Waals surface area contributed by atoms with Gasteiger partial charge in [0.2, 0.25) is 0 Å². The van der Waals surface area contributed by atoms with Gasteiger partial charge < -0.3 is 15.0 Å². The van der Waals surface area contributed by atoms with Crippen LogP contribution in [0.1, 0.15) is 59.8 Å². The molecule has 1 N–H and O–H groups in total. The molecule has 1 saturated heterocycles. The van der Waals surface area contributed by atoms with E-state index in [4.69, 9.17) is 4.74 Å². The molecule has 2 saturated carbocycles. The molecule has 0 bridgehead atoms. The first-order valence-corrected chi connectivity index (χ1v) is 9.13. The number of rotatable bonds is 3. The summed E-state index contributed by atoms with van der Waals surface area (Å²) in [5, 5.41) is 3.92. The first kappa shape index (κ1) is 16.1. The standard InChI is InChI=1S/C18H32N2O2/c1-5-12-8-6-7-9-15(12)19-16-13-10-20(11-14(13)16)17(21)22-18(2,3)4/h12-16,19H,5-11H2,1-4H3. The molecule has 2 aliphatic carbocycles. The molecule has 3 rings (SSSR count). The number of carbonyl (C=O) groups excluding carboxylic acids is 1. The third-order valence-corrected chi connectivity index (χ3v) is 5.69. The van der Waals surface area contributed by atoms with E-state index in [0.717, 1.165) is 19.0 Å². The second kappa shape index (κ2) is 6.03. The molecule has 0 aromatic rings. The average Bonchev–Trinajstić information content (AvgIpc) is 2.90. The SMILES string of the molecule is CCC1CCCCC1NC1C2CN(C(=O)OC(C)(C)C)CC21. The van der Waals surface area contributed by atoms with Crippen LogP contribution < -0.4 is 5.32 Å². The van der Waals surface area contributed by atoms with Gasteiger partial charge in [0.05, 0.1) is 0 Å². The van der Waals surface area contributed by atoms with Crippen molar-refractivity contribution in [2.75, 3.05) is 13.1 Å². The van der Waals surface area contributed by atoms with Crippen LogP contribution in [0.25, 0.3) is 0 Å². The summed E-state index contributed by atoms with van der Waals surface area (Å²) in [7, 11) is 0. The van der Waals surface area contributed by atoms with Crippen LogP contribution in [0, 0.1) is 17.8 Å². The predicted molar refractivity (Wildman–Crippen MR) is 87.7 cm³/mol. The topological polar surface area (TPSA) is 41.6 Å². The lowest BCUT2D eigenvalue weighted by Gasteiger charge is -2.33. The van der Waals surface area contributed by atoms with Crippen molar-refractivity contribution in [2.24, 2.45) is 17.8 Å². The molecule has 4 nitrogen and oxygen atoms in total. The fourth-order valence-corrected chi connectivity index (χ4v) is 4.41. The van der Waals surface area contributed by atoms with Gasteiger partial charge >= 0.3 is 6.09 Å². The number of hydrogen-bond acceptors (Lipinski definition) is 3. The minimum absolute atomic E-state index is 0.137. The molecule has 1 amide bonds. The Balaban J connectivity index is 1.46. The zero-order valence-electron chi connectivity index (χ0n) is 14.6. The predicted octanol–water partition coefficient (Wildman–Crippen LogP) is 3.41. The van der Waals surface area contributed by atoms with Crippen molar-refractivity contribution in [3.05, 3.63) is 0 Å². The minimum atomic E-state index is -0.391. The molecule has 3 aliphatic rings. The van der Waals surface area contributed by atoms with Crippen LogP contribution in [-0.2, 0) is 4.74 Å². The van der Waals surface area contributed by atoms with E-state index in [-0.39, 0.29) is 6.09 Å². The van der Waals surface area contributed by atoms with Crippen molar-refractivity contribution in [2.45, 2.75) is 77.5 Å². The van der Waals surface area contributed by atoms with Crippen LogP contribution in [0.15, 0.2) is 0 Å². The highest BCUT2D eigenvalue weighted by Crippen LogP contribution is 2.47. The van der Waals surface area contributed by atoms with E-state index in [0.29, 0.717) is 23.9 Å². The Morgan fingerprint density at radius 3 is 2.41 bits per heavy atom. The number of nitrogens with one attached hydrogen (secondary N) is 1. The van der Waals surface area contributed by atoms with Gasteiger partial charge in [-0.25, -0.2) is 4.79 Å².